The highest BCUT2D eigenvalue weighted by atomic mass is 16.3. The highest BCUT2D eigenvalue weighted by Gasteiger charge is 2.27. The van der Waals surface area contributed by atoms with Gasteiger partial charge in [0.15, 0.2) is 22.6 Å². The molecule has 3 N–H and O–H groups in total. The lowest BCUT2D eigenvalue weighted by Crippen LogP contribution is -2.31. The maximum atomic E-state index is 13.1. The highest BCUT2D eigenvalue weighted by molar-refractivity contribution is 6.14. The van der Waals surface area contributed by atoms with Crippen LogP contribution in [0.2, 0.25) is 0 Å². The summed E-state index contributed by atoms with van der Waals surface area (Å²) >= 11 is 0. The molecule has 0 radical (unpaired) electrons. The van der Waals surface area contributed by atoms with Crippen molar-refractivity contribution in [3.63, 3.8) is 0 Å². The maximum absolute atomic E-state index is 13.1. The van der Waals surface area contributed by atoms with Crippen molar-refractivity contribution in [2.24, 2.45) is 0 Å². The molecule has 0 bridgehead atoms. The van der Waals surface area contributed by atoms with Gasteiger partial charge in [0.05, 0.1) is 6.04 Å². The number of carbonyl (C=O) groups excluding carboxylic acids is 1. The Balaban J connectivity index is 1.86. The second-order valence-corrected chi connectivity index (χ2v) is 6.90. The molecule has 27 heavy (non-hydrogen) atoms. The van der Waals surface area contributed by atoms with E-state index in [2.05, 4.69) is 5.32 Å². The van der Waals surface area contributed by atoms with Crippen molar-refractivity contribution in [3.05, 3.63) is 58.3 Å². The van der Waals surface area contributed by atoms with Crippen LogP contribution in [-0.4, -0.2) is 23.4 Å². The molecule has 6 heteroatoms. The smallest absolute Gasteiger partial charge is 0.190 e. The zero-order chi connectivity index (χ0) is 18.5. The van der Waals surface area contributed by atoms with Crippen molar-refractivity contribution >= 4 is 33.3 Å². The number of ketones is 1. The standard InChI is InChI=1S/C21H17N3O3/c22-11-6-7-14-17(9-11)27-18-10-16(25)12-3-1-4-13(19(12)20(18)24-14)21(26)15-5-2-8-23-15/h1,3-4,6-7,9-10,15,23H,2,5,8,22H2. The van der Waals surface area contributed by atoms with Gasteiger partial charge in [0.1, 0.15) is 11.2 Å². The molecule has 0 saturated carbocycles. The lowest BCUT2D eigenvalue weighted by atomic mass is 9.94. The van der Waals surface area contributed by atoms with Crippen LogP contribution in [0.15, 0.2) is 51.7 Å². The van der Waals surface area contributed by atoms with Gasteiger partial charge in [0, 0.05) is 34.2 Å². The van der Waals surface area contributed by atoms with E-state index in [0.717, 1.165) is 19.4 Å². The minimum absolute atomic E-state index is 0.01000. The molecular formula is C21H17N3O3. The molecule has 1 atom stereocenters. The van der Waals surface area contributed by atoms with Crippen molar-refractivity contribution in [1.29, 1.82) is 0 Å². The fraction of sp³-hybridized carbons (Fsp3) is 0.190. The first kappa shape index (κ1) is 16.0. The number of anilines is 1. The van der Waals surface area contributed by atoms with E-state index in [9.17, 15) is 9.59 Å². The Morgan fingerprint density at radius 2 is 2.11 bits per heavy atom. The van der Waals surface area contributed by atoms with Gasteiger partial charge >= 0.3 is 0 Å². The third-order valence-electron chi connectivity index (χ3n) is 5.14. The zero-order valence-corrected chi connectivity index (χ0v) is 14.5. The summed E-state index contributed by atoms with van der Waals surface area (Å²) in [4.78, 5) is 30.4. The van der Waals surface area contributed by atoms with E-state index >= 15 is 0 Å². The van der Waals surface area contributed by atoms with Crippen LogP contribution in [-0.2, 0) is 0 Å². The van der Waals surface area contributed by atoms with Crippen LogP contribution in [0.5, 0.6) is 0 Å². The number of nitrogens with one attached hydrogen (secondary N) is 1. The number of rotatable bonds is 2. The first-order valence-corrected chi connectivity index (χ1v) is 8.95. The molecular weight excluding hydrogens is 342 g/mol. The quantitative estimate of drug-likeness (QED) is 0.247. The van der Waals surface area contributed by atoms with Crippen LogP contribution >= 0.6 is 0 Å². The SMILES string of the molecule is Nc1ccc2nc3c4c(C(=O)C5CCCN5)cccc4c(=O)cc-3oc2c1. The molecule has 1 aliphatic carbocycles. The summed E-state index contributed by atoms with van der Waals surface area (Å²) < 4.78 is 5.91. The first-order valence-electron chi connectivity index (χ1n) is 8.95. The van der Waals surface area contributed by atoms with Crippen molar-refractivity contribution in [3.8, 4) is 11.5 Å². The molecule has 5 rings (SSSR count). The normalized spacial score (nSPS) is 17.1. The minimum Gasteiger partial charge on any atom is -0.453 e. The van der Waals surface area contributed by atoms with Gasteiger partial charge in [-0.1, -0.05) is 18.2 Å². The molecule has 6 nitrogen and oxygen atoms in total. The van der Waals surface area contributed by atoms with Crippen LogP contribution in [0.25, 0.3) is 33.3 Å². The van der Waals surface area contributed by atoms with E-state index in [1.54, 1.807) is 36.4 Å². The van der Waals surface area contributed by atoms with Crippen LogP contribution in [0.4, 0.5) is 5.69 Å². The van der Waals surface area contributed by atoms with Gasteiger partial charge < -0.3 is 15.5 Å². The molecule has 1 saturated heterocycles. The summed E-state index contributed by atoms with van der Waals surface area (Å²) in [7, 11) is 0. The molecule has 0 spiro atoms. The number of hydrogen-bond donors (Lipinski definition) is 2. The van der Waals surface area contributed by atoms with E-state index in [-0.39, 0.29) is 17.3 Å². The third-order valence-corrected chi connectivity index (χ3v) is 5.14. The Hall–Kier alpha value is -3.25. The second kappa shape index (κ2) is 5.89. The molecule has 1 unspecified atom stereocenters. The molecule has 1 fully saturated rings. The molecule has 3 aliphatic rings. The fourth-order valence-corrected chi connectivity index (χ4v) is 3.84. The van der Waals surface area contributed by atoms with Crippen LogP contribution < -0.4 is 16.5 Å². The van der Waals surface area contributed by atoms with Gasteiger partial charge in [-0.2, -0.15) is 0 Å². The lowest BCUT2D eigenvalue weighted by Gasteiger charge is -2.15. The number of fused-ring (bicyclic) bond motifs is 4. The third kappa shape index (κ3) is 2.49. The molecule has 134 valence electrons. The van der Waals surface area contributed by atoms with E-state index in [0.29, 0.717) is 44.6 Å². The Bertz CT molecular complexity index is 1240. The minimum atomic E-state index is -0.224. The summed E-state index contributed by atoms with van der Waals surface area (Å²) in [6.45, 7) is 0.828. The molecule has 2 aromatic carbocycles. The topological polar surface area (TPSA) is 98.2 Å². The van der Waals surface area contributed by atoms with Gasteiger partial charge in [-0.15, -0.1) is 0 Å². The number of carbonyl (C=O) groups is 1. The van der Waals surface area contributed by atoms with Gasteiger partial charge in [0.25, 0.3) is 0 Å². The molecule has 2 heterocycles. The molecule has 2 aromatic rings. The largest absolute Gasteiger partial charge is 0.453 e. The van der Waals surface area contributed by atoms with Crippen LogP contribution in [0.3, 0.4) is 0 Å². The average molecular weight is 359 g/mol. The predicted molar refractivity (Wildman–Crippen MR) is 104 cm³/mol. The van der Waals surface area contributed by atoms with Gasteiger partial charge in [0.2, 0.25) is 0 Å². The summed E-state index contributed by atoms with van der Waals surface area (Å²) in [5.41, 5.74) is 8.33. The Labute approximate surface area is 154 Å². The molecule has 2 aliphatic heterocycles. The monoisotopic (exact) mass is 359 g/mol. The first-order chi connectivity index (χ1) is 13.1. The molecule has 0 amide bonds. The van der Waals surface area contributed by atoms with E-state index in [4.69, 9.17) is 15.1 Å². The van der Waals surface area contributed by atoms with Crippen molar-refractivity contribution < 1.29 is 9.21 Å². The van der Waals surface area contributed by atoms with Gasteiger partial charge in [-0.3, -0.25) is 9.59 Å². The zero-order valence-electron chi connectivity index (χ0n) is 14.5. The van der Waals surface area contributed by atoms with Crippen molar-refractivity contribution in [2.75, 3.05) is 12.3 Å². The second-order valence-electron chi connectivity index (χ2n) is 6.90. The molecule has 0 aromatic heterocycles. The number of nitrogens with zero attached hydrogens (tertiary/aromatic N) is 1. The highest BCUT2D eigenvalue weighted by Crippen LogP contribution is 2.33. The van der Waals surface area contributed by atoms with Crippen molar-refractivity contribution in [1.82, 2.24) is 10.3 Å². The van der Waals surface area contributed by atoms with Gasteiger partial charge in [-0.05, 0) is 31.5 Å². The summed E-state index contributed by atoms with van der Waals surface area (Å²) in [5.74, 6) is 0.342. The number of aromatic nitrogens is 1. The van der Waals surface area contributed by atoms with Crippen LogP contribution in [0.1, 0.15) is 23.2 Å². The Morgan fingerprint density at radius 3 is 2.93 bits per heavy atom. The lowest BCUT2D eigenvalue weighted by molar-refractivity contribution is 0.0954. The number of hydrogen-bond acceptors (Lipinski definition) is 6. The van der Waals surface area contributed by atoms with E-state index in [1.807, 2.05) is 0 Å². The predicted octanol–water partition coefficient (Wildman–Crippen LogP) is 2.96. The Morgan fingerprint density at radius 1 is 1.22 bits per heavy atom. The number of benzene rings is 3. The van der Waals surface area contributed by atoms with Crippen LogP contribution in [0, 0.1) is 0 Å². The van der Waals surface area contributed by atoms with E-state index < -0.39 is 0 Å². The average Bonchev–Trinajstić information content (AvgIpc) is 3.20. The fourth-order valence-electron chi connectivity index (χ4n) is 3.84. The van der Waals surface area contributed by atoms with Crippen molar-refractivity contribution in [2.45, 2.75) is 18.9 Å². The number of nitrogens with two attached hydrogens (primary N) is 1. The number of nitrogen functional groups attached to an aromatic ring is 1. The Kier molecular flexibility index (Phi) is 3.48. The maximum Gasteiger partial charge on any atom is 0.190 e. The van der Waals surface area contributed by atoms with Gasteiger partial charge in [-0.25, -0.2) is 4.98 Å². The number of Topliss-reactive ketones (excluding diaryl/α,β-unsaturated/α-hetero) is 1. The summed E-state index contributed by atoms with van der Waals surface area (Å²) in [6, 6.07) is 11.6. The summed E-state index contributed by atoms with van der Waals surface area (Å²) in [6.07, 6.45) is 1.76. The van der Waals surface area contributed by atoms with E-state index in [1.165, 1.54) is 6.07 Å². The summed E-state index contributed by atoms with van der Waals surface area (Å²) in [5, 5.41) is 4.27.